The lowest BCUT2D eigenvalue weighted by Gasteiger charge is -2.22. The summed E-state index contributed by atoms with van der Waals surface area (Å²) in [6.45, 7) is -0.252. The van der Waals surface area contributed by atoms with Gasteiger partial charge in [-0.15, -0.1) is 0 Å². The van der Waals surface area contributed by atoms with Crippen LogP contribution >= 0.6 is 15.9 Å². The van der Waals surface area contributed by atoms with Gasteiger partial charge in [0.1, 0.15) is 0 Å². The summed E-state index contributed by atoms with van der Waals surface area (Å²) in [5.74, 6) is 0. The average molecular weight is 270 g/mol. The monoisotopic (exact) mass is 269 g/mol. The molecule has 1 aliphatic carbocycles. The van der Waals surface area contributed by atoms with Gasteiger partial charge in [0.05, 0.1) is 6.54 Å². The fourth-order valence-electron chi connectivity index (χ4n) is 1.92. The Kier molecular flexibility index (Phi) is 5.31. The second kappa shape index (κ2) is 6.01. The lowest BCUT2D eigenvalue weighted by atomic mass is 9.97. The third kappa shape index (κ3) is 5.91. The molecule has 1 fully saturated rings. The van der Waals surface area contributed by atoms with E-state index in [-0.39, 0.29) is 6.54 Å². The molecule has 0 heterocycles. The molecule has 0 spiro atoms. The van der Waals surface area contributed by atoms with Crippen LogP contribution in [0.2, 0.25) is 0 Å². The molecule has 1 rings (SSSR count). The van der Waals surface area contributed by atoms with Crippen LogP contribution in [0.25, 0.3) is 0 Å². The summed E-state index contributed by atoms with van der Waals surface area (Å²) in [5, 5.41) is 2.93. The molecular formula is C10H18BrF2N. The van der Waals surface area contributed by atoms with Crippen LogP contribution in [0.15, 0.2) is 0 Å². The van der Waals surface area contributed by atoms with Crippen LogP contribution in [0.4, 0.5) is 8.78 Å². The minimum Gasteiger partial charge on any atom is -0.308 e. The smallest absolute Gasteiger partial charge is 0.308 e. The molecule has 4 heteroatoms. The number of halogens is 3. The van der Waals surface area contributed by atoms with Gasteiger partial charge < -0.3 is 5.32 Å². The highest BCUT2D eigenvalue weighted by molar-refractivity contribution is 9.10. The number of hydrogen-bond donors (Lipinski definition) is 1. The van der Waals surface area contributed by atoms with Gasteiger partial charge in [-0.2, -0.15) is 8.78 Å². The highest BCUT2D eigenvalue weighted by Crippen LogP contribution is 2.22. The lowest BCUT2D eigenvalue weighted by molar-refractivity contribution is 0.107. The Balaban J connectivity index is 2.20. The van der Waals surface area contributed by atoms with E-state index < -0.39 is 4.83 Å². The van der Waals surface area contributed by atoms with Crippen molar-refractivity contribution >= 4 is 15.9 Å². The van der Waals surface area contributed by atoms with Gasteiger partial charge in [0.25, 0.3) is 0 Å². The quantitative estimate of drug-likeness (QED) is 0.771. The molecule has 0 aromatic carbocycles. The van der Waals surface area contributed by atoms with E-state index in [4.69, 9.17) is 0 Å². The van der Waals surface area contributed by atoms with Crippen molar-refractivity contribution in [1.29, 1.82) is 0 Å². The predicted molar refractivity (Wildman–Crippen MR) is 58.0 cm³/mol. The second-order valence-electron chi connectivity index (χ2n) is 4.04. The van der Waals surface area contributed by atoms with Crippen molar-refractivity contribution in [1.82, 2.24) is 5.32 Å². The minimum atomic E-state index is -2.75. The third-order valence-electron chi connectivity index (χ3n) is 2.70. The van der Waals surface area contributed by atoms with E-state index in [2.05, 4.69) is 21.2 Å². The van der Waals surface area contributed by atoms with Crippen molar-refractivity contribution < 1.29 is 8.78 Å². The van der Waals surface area contributed by atoms with Crippen LogP contribution in [0.5, 0.6) is 0 Å². The molecule has 1 saturated carbocycles. The Bertz CT molecular complexity index is 151. The minimum absolute atomic E-state index is 0.252. The van der Waals surface area contributed by atoms with Gasteiger partial charge in [0.2, 0.25) is 0 Å². The van der Waals surface area contributed by atoms with Crippen molar-refractivity contribution in [2.45, 2.75) is 55.8 Å². The fraction of sp³-hybridized carbons (Fsp3) is 1.00. The van der Waals surface area contributed by atoms with Crippen molar-refractivity contribution in [3.8, 4) is 0 Å². The first-order chi connectivity index (χ1) is 6.58. The van der Waals surface area contributed by atoms with E-state index in [0.717, 1.165) is 12.8 Å². The van der Waals surface area contributed by atoms with Gasteiger partial charge >= 0.3 is 4.83 Å². The van der Waals surface area contributed by atoms with Crippen molar-refractivity contribution in [3.63, 3.8) is 0 Å². The maximum atomic E-state index is 12.5. The van der Waals surface area contributed by atoms with Crippen LogP contribution in [0.3, 0.4) is 0 Å². The molecule has 1 aliphatic rings. The maximum absolute atomic E-state index is 12.5. The van der Waals surface area contributed by atoms with Gasteiger partial charge in [0.15, 0.2) is 0 Å². The Morgan fingerprint density at radius 2 is 1.57 bits per heavy atom. The van der Waals surface area contributed by atoms with E-state index in [0.29, 0.717) is 6.04 Å². The molecule has 0 atom stereocenters. The van der Waals surface area contributed by atoms with Gasteiger partial charge in [-0.1, -0.05) is 32.1 Å². The molecule has 14 heavy (non-hydrogen) atoms. The zero-order chi connectivity index (χ0) is 10.4. The van der Waals surface area contributed by atoms with Gasteiger partial charge in [-0.05, 0) is 28.8 Å². The fourth-order valence-corrected chi connectivity index (χ4v) is 2.08. The number of rotatable bonds is 3. The van der Waals surface area contributed by atoms with E-state index >= 15 is 0 Å². The summed E-state index contributed by atoms with van der Waals surface area (Å²) in [4.78, 5) is -2.75. The predicted octanol–water partition coefficient (Wildman–Crippen LogP) is 3.68. The first-order valence-corrected chi connectivity index (χ1v) is 6.17. The molecule has 0 aliphatic heterocycles. The first-order valence-electron chi connectivity index (χ1n) is 5.38. The summed E-state index contributed by atoms with van der Waals surface area (Å²) in [5.41, 5.74) is 0. The lowest BCUT2D eigenvalue weighted by Crippen LogP contribution is -2.36. The molecular weight excluding hydrogens is 252 g/mol. The zero-order valence-corrected chi connectivity index (χ0v) is 9.95. The normalized spacial score (nSPS) is 21.6. The van der Waals surface area contributed by atoms with Crippen LogP contribution in [-0.2, 0) is 0 Å². The third-order valence-corrected chi connectivity index (χ3v) is 2.98. The Morgan fingerprint density at radius 3 is 2.07 bits per heavy atom. The Hall–Kier alpha value is 0.300. The van der Waals surface area contributed by atoms with Gasteiger partial charge in [-0.3, -0.25) is 0 Å². The highest BCUT2D eigenvalue weighted by Gasteiger charge is 2.24. The van der Waals surface area contributed by atoms with Crippen LogP contribution in [-0.4, -0.2) is 17.4 Å². The highest BCUT2D eigenvalue weighted by atomic mass is 79.9. The molecule has 0 aromatic rings. The van der Waals surface area contributed by atoms with Crippen molar-refractivity contribution in [2.24, 2.45) is 0 Å². The first kappa shape index (κ1) is 12.4. The van der Waals surface area contributed by atoms with E-state index in [9.17, 15) is 8.78 Å². The Morgan fingerprint density at radius 1 is 1.07 bits per heavy atom. The molecule has 0 saturated heterocycles. The molecule has 0 radical (unpaired) electrons. The summed E-state index contributed by atoms with van der Waals surface area (Å²) >= 11 is 2.34. The molecule has 84 valence electrons. The zero-order valence-electron chi connectivity index (χ0n) is 8.37. The van der Waals surface area contributed by atoms with Crippen LogP contribution in [0.1, 0.15) is 44.9 Å². The Labute approximate surface area is 92.8 Å². The van der Waals surface area contributed by atoms with Gasteiger partial charge in [-0.25, -0.2) is 0 Å². The molecule has 0 aromatic heterocycles. The molecule has 0 amide bonds. The summed E-state index contributed by atoms with van der Waals surface area (Å²) in [6.07, 6.45) is 8.25. The van der Waals surface area contributed by atoms with E-state index in [1.165, 1.54) is 32.1 Å². The molecule has 0 unspecified atom stereocenters. The van der Waals surface area contributed by atoms with E-state index in [1.54, 1.807) is 0 Å². The molecule has 0 bridgehead atoms. The molecule has 1 N–H and O–H groups in total. The van der Waals surface area contributed by atoms with Crippen molar-refractivity contribution in [3.05, 3.63) is 0 Å². The summed E-state index contributed by atoms with van der Waals surface area (Å²) in [7, 11) is 0. The van der Waals surface area contributed by atoms with E-state index in [1.807, 2.05) is 0 Å². The topological polar surface area (TPSA) is 12.0 Å². The molecule has 1 nitrogen and oxygen atoms in total. The number of nitrogens with one attached hydrogen (secondary N) is 1. The standard InChI is InChI=1S/C10H18BrF2N/c11-10(12,13)8-14-9-6-4-2-1-3-5-7-9/h9,14H,1-8H2. The second-order valence-corrected chi connectivity index (χ2v) is 5.20. The summed E-state index contributed by atoms with van der Waals surface area (Å²) in [6, 6.07) is 0.290. The SMILES string of the molecule is FC(F)(Br)CNC1CCCCCCC1. The average Bonchev–Trinajstić information content (AvgIpc) is 2.00. The largest absolute Gasteiger partial charge is 0.313 e. The number of hydrogen-bond acceptors (Lipinski definition) is 1. The van der Waals surface area contributed by atoms with Crippen LogP contribution < -0.4 is 5.32 Å². The number of alkyl halides is 3. The van der Waals surface area contributed by atoms with Crippen LogP contribution in [0, 0.1) is 0 Å². The van der Waals surface area contributed by atoms with Crippen molar-refractivity contribution in [2.75, 3.05) is 6.54 Å². The van der Waals surface area contributed by atoms with Gasteiger partial charge in [0, 0.05) is 6.04 Å². The maximum Gasteiger partial charge on any atom is 0.313 e. The summed E-state index contributed by atoms with van der Waals surface area (Å²) < 4.78 is 25.0.